The molecule has 0 amide bonds. The highest BCUT2D eigenvalue weighted by Gasteiger charge is 2.31. The highest BCUT2D eigenvalue weighted by molar-refractivity contribution is 7.18. The van der Waals surface area contributed by atoms with Gasteiger partial charge in [0.05, 0.1) is 31.0 Å². The first kappa shape index (κ1) is 12.8. The molecule has 0 spiro atoms. The number of thiophene rings is 1. The topological polar surface area (TPSA) is 53.4 Å². The Kier molecular flexibility index (Phi) is 3.16. The maximum atomic E-state index is 12.6. The molecule has 0 saturated carbocycles. The van der Waals surface area contributed by atoms with Gasteiger partial charge in [0, 0.05) is 12.0 Å². The van der Waals surface area contributed by atoms with Crippen molar-refractivity contribution in [2.75, 3.05) is 20.3 Å². The van der Waals surface area contributed by atoms with Gasteiger partial charge in [0.1, 0.15) is 10.9 Å². The molecule has 0 aliphatic carbocycles. The monoisotopic (exact) mass is 280 g/mol. The molecule has 0 unspecified atom stereocenters. The van der Waals surface area contributed by atoms with Crippen LogP contribution in [-0.4, -0.2) is 36.0 Å². The molecule has 1 fully saturated rings. The van der Waals surface area contributed by atoms with Gasteiger partial charge in [-0.05, 0) is 19.4 Å². The van der Waals surface area contributed by atoms with E-state index in [0.717, 1.165) is 20.7 Å². The minimum absolute atomic E-state index is 0.00407. The van der Waals surface area contributed by atoms with Crippen molar-refractivity contribution < 1.29 is 9.47 Å². The van der Waals surface area contributed by atoms with Gasteiger partial charge in [-0.25, -0.2) is 4.98 Å². The van der Waals surface area contributed by atoms with Crippen LogP contribution in [0, 0.1) is 13.8 Å². The smallest absolute Gasteiger partial charge is 0.262 e. The quantitative estimate of drug-likeness (QED) is 0.839. The van der Waals surface area contributed by atoms with Crippen molar-refractivity contribution in [1.29, 1.82) is 0 Å². The fourth-order valence-corrected chi connectivity index (χ4v) is 3.48. The van der Waals surface area contributed by atoms with Crippen LogP contribution in [0.15, 0.2) is 11.1 Å². The summed E-state index contributed by atoms with van der Waals surface area (Å²) in [5.74, 6) is 0. The maximum Gasteiger partial charge on any atom is 0.262 e. The molecule has 5 nitrogen and oxygen atoms in total. The van der Waals surface area contributed by atoms with E-state index in [9.17, 15) is 4.79 Å². The van der Waals surface area contributed by atoms with Crippen LogP contribution in [0.3, 0.4) is 0 Å². The van der Waals surface area contributed by atoms with Crippen LogP contribution in [0.4, 0.5) is 0 Å². The van der Waals surface area contributed by atoms with Gasteiger partial charge in [-0.2, -0.15) is 0 Å². The predicted octanol–water partition coefficient (Wildman–Crippen LogP) is 1.66. The number of aryl methyl sites for hydroxylation is 2. The van der Waals surface area contributed by atoms with E-state index in [0.29, 0.717) is 13.2 Å². The molecule has 0 bridgehead atoms. The van der Waals surface area contributed by atoms with Crippen molar-refractivity contribution in [3.63, 3.8) is 0 Å². The summed E-state index contributed by atoms with van der Waals surface area (Å²) in [6, 6.07) is -0.0889. The van der Waals surface area contributed by atoms with E-state index in [-0.39, 0.29) is 17.7 Å². The Balaban J connectivity index is 2.17. The van der Waals surface area contributed by atoms with Crippen LogP contribution < -0.4 is 5.56 Å². The fourth-order valence-electron chi connectivity index (χ4n) is 2.49. The standard InChI is InChI=1S/C13H16N2O3S/c1-7-8(2)19-12-11(7)13(16)15(6-14-12)9-4-18-5-10(9)17-3/h6,9-10H,4-5H2,1-3H3/t9-,10-/m0/s1. The van der Waals surface area contributed by atoms with Gasteiger partial charge in [0.15, 0.2) is 0 Å². The average Bonchev–Trinajstić information content (AvgIpc) is 2.96. The van der Waals surface area contributed by atoms with Crippen LogP contribution in [0.2, 0.25) is 0 Å². The Labute approximate surface area is 114 Å². The number of ether oxygens (including phenoxy) is 2. The maximum absolute atomic E-state index is 12.6. The van der Waals surface area contributed by atoms with Crippen molar-refractivity contribution in [2.45, 2.75) is 26.0 Å². The lowest BCUT2D eigenvalue weighted by atomic mass is 10.2. The van der Waals surface area contributed by atoms with Crippen LogP contribution in [-0.2, 0) is 9.47 Å². The summed E-state index contributed by atoms with van der Waals surface area (Å²) >= 11 is 1.56. The van der Waals surface area contributed by atoms with Crippen molar-refractivity contribution in [3.8, 4) is 0 Å². The molecule has 2 aromatic heterocycles. The van der Waals surface area contributed by atoms with Crippen molar-refractivity contribution in [1.82, 2.24) is 9.55 Å². The number of fused-ring (bicyclic) bond motifs is 1. The van der Waals surface area contributed by atoms with Crippen LogP contribution in [0.1, 0.15) is 16.5 Å². The summed E-state index contributed by atoms with van der Waals surface area (Å²) in [5, 5.41) is 0.728. The lowest BCUT2D eigenvalue weighted by Crippen LogP contribution is -2.32. The highest BCUT2D eigenvalue weighted by Crippen LogP contribution is 2.27. The number of rotatable bonds is 2. The first-order valence-electron chi connectivity index (χ1n) is 6.21. The molecule has 1 saturated heterocycles. The summed E-state index contributed by atoms with van der Waals surface area (Å²) in [4.78, 5) is 19.0. The zero-order valence-corrected chi connectivity index (χ0v) is 12.0. The molecular weight excluding hydrogens is 264 g/mol. The Bertz CT molecular complexity index is 676. The SMILES string of the molecule is CO[C@H]1COC[C@@H]1n1cnc2sc(C)c(C)c2c1=O. The number of aromatic nitrogens is 2. The second-order valence-corrected chi connectivity index (χ2v) is 6.00. The molecule has 0 N–H and O–H groups in total. The number of hydrogen-bond acceptors (Lipinski definition) is 5. The van der Waals surface area contributed by atoms with Crippen LogP contribution in [0.25, 0.3) is 10.2 Å². The van der Waals surface area contributed by atoms with E-state index in [4.69, 9.17) is 9.47 Å². The lowest BCUT2D eigenvalue weighted by Gasteiger charge is -2.18. The number of methoxy groups -OCH3 is 1. The molecular formula is C13H16N2O3S. The highest BCUT2D eigenvalue weighted by atomic mass is 32.1. The first-order valence-corrected chi connectivity index (χ1v) is 7.02. The minimum Gasteiger partial charge on any atom is -0.377 e. The molecule has 2 atom stereocenters. The lowest BCUT2D eigenvalue weighted by molar-refractivity contribution is 0.0679. The zero-order valence-electron chi connectivity index (χ0n) is 11.2. The largest absolute Gasteiger partial charge is 0.377 e. The van der Waals surface area contributed by atoms with Gasteiger partial charge in [0.25, 0.3) is 5.56 Å². The Morgan fingerprint density at radius 2 is 2.26 bits per heavy atom. The summed E-state index contributed by atoms with van der Waals surface area (Å²) in [6.45, 7) is 5.00. The van der Waals surface area contributed by atoms with Crippen molar-refractivity contribution in [2.24, 2.45) is 0 Å². The molecule has 1 aliphatic heterocycles. The third kappa shape index (κ3) is 1.91. The second kappa shape index (κ2) is 4.70. The molecule has 3 rings (SSSR count). The molecule has 3 heterocycles. The molecule has 102 valence electrons. The Hall–Kier alpha value is -1.24. The predicted molar refractivity (Wildman–Crippen MR) is 74.0 cm³/mol. The molecule has 2 aromatic rings. The third-order valence-corrected chi connectivity index (χ3v) is 4.89. The third-order valence-electron chi connectivity index (χ3n) is 3.77. The number of hydrogen-bond donors (Lipinski definition) is 0. The van der Waals surface area contributed by atoms with E-state index in [1.54, 1.807) is 29.3 Å². The average molecular weight is 280 g/mol. The van der Waals surface area contributed by atoms with Gasteiger partial charge in [0.2, 0.25) is 0 Å². The second-order valence-electron chi connectivity index (χ2n) is 4.80. The van der Waals surface area contributed by atoms with E-state index in [2.05, 4.69) is 4.98 Å². The van der Waals surface area contributed by atoms with E-state index < -0.39 is 0 Å². The van der Waals surface area contributed by atoms with Crippen LogP contribution in [0.5, 0.6) is 0 Å². The van der Waals surface area contributed by atoms with Gasteiger partial charge < -0.3 is 9.47 Å². The Morgan fingerprint density at radius 3 is 3.00 bits per heavy atom. The van der Waals surface area contributed by atoms with E-state index in [1.807, 2.05) is 13.8 Å². The molecule has 0 radical (unpaired) electrons. The summed E-state index contributed by atoms with van der Waals surface area (Å²) in [7, 11) is 1.64. The molecule has 6 heteroatoms. The van der Waals surface area contributed by atoms with Gasteiger partial charge in [-0.15, -0.1) is 11.3 Å². The van der Waals surface area contributed by atoms with Crippen molar-refractivity contribution in [3.05, 3.63) is 27.1 Å². The van der Waals surface area contributed by atoms with Gasteiger partial charge in [-0.3, -0.25) is 9.36 Å². The van der Waals surface area contributed by atoms with Crippen LogP contribution >= 0.6 is 11.3 Å². The van der Waals surface area contributed by atoms with Gasteiger partial charge in [-0.1, -0.05) is 0 Å². The van der Waals surface area contributed by atoms with E-state index >= 15 is 0 Å². The Morgan fingerprint density at radius 1 is 1.47 bits per heavy atom. The normalized spacial score (nSPS) is 23.3. The summed E-state index contributed by atoms with van der Waals surface area (Å²) in [6.07, 6.45) is 1.53. The summed E-state index contributed by atoms with van der Waals surface area (Å²) in [5.41, 5.74) is 1.03. The molecule has 19 heavy (non-hydrogen) atoms. The minimum atomic E-state index is -0.0889. The molecule has 1 aliphatic rings. The first-order chi connectivity index (χ1) is 9.13. The molecule has 0 aromatic carbocycles. The van der Waals surface area contributed by atoms with Crippen molar-refractivity contribution >= 4 is 21.6 Å². The zero-order chi connectivity index (χ0) is 13.6. The fraction of sp³-hybridized carbons (Fsp3) is 0.538. The van der Waals surface area contributed by atoms with Gasteiger partial charge >= 0.3 is 0 Å². The van der Waals surface area contributed by atoms with E-state index in [1.165, 1.54) is 0 Å². The number of nitrogens with zero attached hydrogens (tertiary/aromatic N) is 2. The summed E-state index contributed by atoms with van der Waals surface area (Å²) < 4.78 is 12.4.